The minimum Gasteiger partial charge on any atom is -0.465 e. The summed E-state index contributed by atoms with van der Waals surface area (Å²) in [4.78, 5) is 11.4. The zero-order valence-corrected chi connectivity index (χ0v) is 11.2. The minimum absolute atomic E-state index is 0.402. The van der Waals surface area contributed by atoms with Gasteiger partial charge in [0.15, 0.2) is 0 Å². The van der Waals surface area contributed by atoms with Crippen LogP contribution in [0.3, 0.4) is 0 Å². The van der Waals surface area contributed by atoms with Gasteiger partial charge in [-0.2, -0.15) is 5.26 Å². The summed E-state index contributed by atoms with van der Waals surface area (Å²) in [7, 11) is 0. The lowest BCUT2D eigenvalue weighted by atomic mass is 9.96. The molecule has 4 nitrogen and oxygen atoms in total. The van der Waals surface area contributed by atoms with Crippen molar-refractivity contribution < 1.29 is 9.53 Å². The SMILES string of the molecule is CCCCNCCCCOC(=O)C(C)(C)C#N. The molecular weight excluding hydrogens is 216 g/mol. The maximum Gasteiger partial charge on any atom is 0.325 e. The maximum absolute atomic E-state index is 11.4. The number of hydrogen-bond donors (Lipinski definition) is 1. The second kappa shape index (κ2) is 9.00. The summed E-state index contributed by atoms with van der Waals surface area (Å²) >= 11 is 0. The van der Waals surface area contributed by atoms with Gasteiger partial charge in [-0.25, -0.2) is 0 Å². The van der Waals surface area contributed by atoms with Crippen LogP contribution in [0, 0.1) is 16.7 Å². The molecule has 0 spiro atoms. The van der Waals surface area contributed by atoms with Gasteiger partial charge in [0.05, 0.1) is 12.7 Å². The molecule has 0 unspecified atom stereocenters. The molecule has 1 N–H and O–H groups in total. The van der Waals surface area contributed by atoms with Gasteiger partial charge in [0.2, 0.25) is 0 Å². The van der Waals surface area contributed by atoms with E-state index in [1.807, 2.05) is 6.07 Å². The molecule has 0 bridgehead atoms. The topological polar surface area (TPSA) is 62.1 Å². The Labute approximate surface area is 104 Å². The summed E-state index contributed by atoms with van der Waals surface area (Å²) in [6, 6.07) is 1.93. The van der Waals surface area contributed by atoms with Gasteiger partial charge in [-0.05, 0) is 46.2 Å². The van der Waals surface area contributed by atoms with Crippen LogP contribution in [0.25, 0.3) is 0 Å². The molecule has 0 saturated heterocycles. The van der Waals surface area contributed by atoms with Crippen molar-refractivity contribution in [3.05, 3.63) is 0 Å². The van der Waals surface area contributed by atoms with E-state index in [4.69, 9.17) is 10.00 Å². The Bertz CT molecular complexity index is 257. The fourth-order valence-electron chi connectivity index (χ4n) is 1.17. The van der Waals surface area contributed by atoms with Crippen LogP contribution in [-0.2, 0) is 9.53 Å². The Kier molecular flexibility index (Phi) is 8.43. The number of rotatable bonds is 9. The van der Waals surface area contributed by atoms with Crippen molar-refractivity contribution in [3.63, 3.8) is 0 Å². The Morgan fingerprint density at radius 1 is 1.29 bits per heavy atom. The van der Waals surface area contributed by atoms with Crippen LogP contribution in [0.5, 0.6) is 0 Å². The highest BCUT2D eigenvalue weighted by molar-refractivity contribution is 5.78. The minimum atomic E-state index is -1.03. The zero-order chi connectivity index (χ0) is 13.1. The predicted octanol–water partition coefficient (Wildman–Crippen LogP) is 2.25. The number of nitrogens with one attached hydrogen (secondary N) is 1. The van der Waals surface area contributed by atoms with Crippen LogP contribution in [0.1, 0.15) is 46.5 Å². The van der Waals surface area contributed by atoms with Crippen molar-refractivity contribution in [1.82, 2.24) is 5.32 Å². The largest absolute Gasteiger partial charge is 0.465 e. The van der Waals surface area contributed by atoms with Gasteiger partial charge in [0, 0.05) is 0 Å². The highest BCUT2D eigenvalue weighted by Crippen LogP contribution is 2.15. The summed E-state index contributed by atoms with van der Waals surface area (Å²) in [6.07, 6.45) is 4.23. The Balaban J connectivity index is 3.41. The number of unbranched alkanes of at least 4 members (excludes halogenated alkanes) is 2. The average Bonchev–Trinajstić information content (AvgIpc) is 2.32. The second-order valence-electron chi connectivity index (χ2n) is 4.68. The summed E-state index contributed by atoms with van der Waals surface area (Å²) in [5.41, 5.74) is -1.03. The first-order valence-corrected chi connectivity index (χ1v) is 6.33. The van der Waals surface area contributed by atoms with E-state index < -0.39 is 11.4 Å². The fourth-order valence-corrected chi connectivity index (χ4v) is 1.17. The third-order valence-corrected chi connectivity index (χ3v) is 2.48. The maximum atomic E-state index is 11.4. The van der Waals surface area contributed by atoms with Crippen molar-refractivity contribution in [3.8, 4) is 6.07 Å². The smallest absolute Gasteiger partial charge is 0.325 e. The molecule has 4 heteroatoms. The molecule has 0 saturated carbocycles. The van der Waals surface area contributed by atoms with Crippen molar-refractivity contribution in [1.29, 1.82) is 5.26 Å². The quantitative estimate of drug-likeness (QED) is 0.496. The Morgan fingerprint density at radius 2 is 1.94 bits per heavy atom. The number of hydrogen-bond acceptors (Lipinski definition) is 4. The van der Waals surface area contributed by atoms with Crippen molar-refractivity contribution in [2.75, 3.05) is 19.7 Å². The lowest BCUT2D eigenvalue weighted by Gasteiger charge is -2.13. The summed E-state index contributed by atoms with van der Waals surface area (Å²) in [5.74, 6) is -0.432. The van der Waals surface area contributed by atoms with Crippen LogP contribution in [-0.4, -0.2) is 25.7 Å². The van der Waals surface area contributed by atoms with Crippen molar-refractivity contribution in [2.24, 2.45) is 5.41 Å². The number of carbonyl (C=O) groups excluding carboxylic acids is 1. The number of carbonyl (C=O) groups is 1. The van der Waals surface area contributed by atoms with E-state index in [1.54, 1.807) is 13.8 Å². The van der Waals surface area contributed by atoms with E-state index in [1.165, 1.54) is 12.8 Å². The van der Waals surface area contributed by atoms with Crippen molar-refractivity contribution in [2.45, 2.75) is 46.5 Å². The molecule has 0 atom stereocenters. The van der Waals surface area contributed by atoms with Gasteiger partial charge in [-0.3, -0.25) is 4.79 Å². The second-order valence-corrected chi connectivity index (χ2v) is 4.68. The highest BCUT2D eigenvalue weighted by Gasteiger charge is 2.28. The fraction of sp³-hybridized carbons (Fsp3) is 0.846. The van der Waals surface area contributed by atoms with Crippen LogP contribution in [0.2, 0.25) is 0 Å². The molecule has 0 aliphatic heterocycles. The number of ether oxygens (including phenoxy) is 1. The first kappa shape index (κ1) is 15.9. The molecule has 0 aromatic rings. The Morgan fingerprint density at radius 3 is 2.53 bits per heavy atom. The first-order chi connectivity index (χ1) is 8.04. The van der Waals surface area contributed by atoms with Gasteiger partial charge in [0.1, 0.15) is 5.41 Å². The van der Waals surface area contributed by atoms with E-state index in [-0.39, 0.29) is 0 Å². The van der Waals surface area contributed by atoms with Crippen LogP contribution in [0.15, 0.2) is 0 Å². The summed E-state index contributed by atoms with van der Waals surface area (Å²) in [5, 5.41) is 12.0. The van der Waals surface area contributed by atoms with Gasteiger partial charge in [-0.1, -0.05) is 13.3 Å². The standard InChI is InChI=1S/C13H24N2O2/c1-4-5-8-15-9-6-7-10-17-12(16)13(2,3)11-14/h15H,4-10H2,1-3H3. The van der Waals surface area contributed by atoms with Gasteiger partial charge in [-0.15, -0.1) is 0 Å². The normalized spacial score (nSPS) is 10.9. The molecule has 0 heterocycles. The molecule has 0 aromatic heterocycles. The summed E-state index contributed by atoms with van der Waals surface area (Å²) in [6.45, 7) is 7.72. The number of nitrogens with zero attached hydrogens (tertiary/aromatic N) is 1. The van der Waals surface area contributed by atoms with Gasteiger partial charge < -0.3 is 10.1 Å². The predicted molar refractivity (Wildman–Crippen MR) is 67.4 cm³/mol. The van der Waals surface area contributed by atoms with Crippen molar-refractivity contribution >= 4 is 5.97 Å². The van der Waals surface area contributed by atoms with E-state index in [9.17, 15) is 4.79 Å². The monoisotopic (exact) mass is 240 g/mol. The van der Waals surface area contributed by atoms with E-state index in [2.05, 4.69) is 12.2 Å². The molecule has 98 valence electrons. The third-order valence-electron chi connectivity index (χ3n) is 2.48. The molecule has 0 radical (unpaired) electrons. The van der Waals surface area contributed by atoms with Gasteiger partial charge >= 0.3 is 5.97 Å². The van der Waals surface area contributed by atoms with Gasteiger partial charge in [0.25, 0.3) is 0 Å². The first-order valence-electron chi connectivity index (χ1n) is 6.33. The lowest BCUT2D eigenvalue weighted by molar-refractivity contribution is -0.150. The molecule has 0 rings (SSSR count). The Hall–Kier alpha value is -1.08. The lowest BCUT2D eigenvalue weighted by Crippen LogP contribution is -2.25. The molecule has 0 aliphatic rings. The van der Waals surface area contributed by atoms with E-state index in [0.29, 0.717) is 6.61 Å². The van der Waals surface area contributed by atoms with E-state index in [0.717, 1.165) is 25.9 Å². The highest BCUT2D eigenvalue weighted by atomic mass is 16.5. The molecule has 17 heavy (non-hydrogen) atoms. The molecule has 0 amide bonds. The zero-order valence-electron chi connectivity index (χ0n) is 11.2. The summed E-state index contributed by atoms with van der Waals surface area (Å²) < 4.78 is 5.04. The molecule has 0 fully saturated rings. The molecule has 0 aromatic carbocycles. The van der Waals surface area contributed by atoms with Crippen LogP contribution in [0.4, 0.5) is 0 Å². The number of esters is 1. The average molecular weight is 240 g/mol. The number of nitriles is 1. The van der Waals surface area contributed by atoms with E-state index >= 15 is 0 Å². The molecule has 0 aliphatic carbocycles. The van der Waals surface area contributed by atoms with Crippen LogP contribution < -0.4 is 5.32 Å². The molecular formula is C13H24N2O2. The third kappa shape index (κ3) is 7.76. The van der Waals surface area contributed by atoms with Crippen LogP contribution >= 0.6 is 0 Å².